The van der Waals surface area contributed by atoms with Crippen molar-refractivity contribution in [1.82, 2.24) is 0 Å². The molecule has 0 saturated carbocycles. The number of esters is 1. The Balaban J connectivity index is 1.74. The van der Waals surface area contributed by atoms with Crippen LogP contribution in [0.4, 0.5) is 0 Å². The quantitative estimate of drug-likeness (QED) is 0.412. The second-order valence-electron chi connectivity index (χ2n) is 5.22. The average Bonchev–Trinajstić information content (AvgIpc) is 3.19. The molecule has 4 nitrogen and oxygen atoms in total. The number of carbonyl (C=O) groups is 1. The van der Waals surface area contributed by atoms with E-state index in [2.05, 4.69) is 0 Å². The van der Waals surface area contributed by atoms with E-state index < -0.39 is 5.97 Å². The van der Waals surface area contributed by atoms with Crippen LogP contribution < -0.4 is 10.4 Å². The first kappa shape index (κ1) is 13.3. The molecule has 0 saturated heterocycles. The molecule has 110 valence electrons. The van der Waals surface area contributed by atoms with E-state index in [9.17, 15) is 9.59 Å². The number of rotatable bonds is 2. The second-order valence-corrected chi connectivity index (χ2v) is 6.17. The van der Waals surface area contributed by atoms with E-state index in [0.717, 1.165) is 35.8 Å². The number of hydrogen-bond donors (Lipinski definition) is 0. The fourth-order valence-corrected chi connectivity index (χ4v) is 3.48. The summed E-state index contributed by atoms with van der Waals surface area (Å²) in [6.45, 7) is 0. The summed E-state index contributed by atoms with van der Waals surface area (Å²) < 4.78 is 10.7. The number of fused-ring (bicyclic) bond motifs is 3. The Bertz CT molecular complexity index is 922. The van der Waals surface area contributed by atoms with E-state index in [0.29, 0.717) is 16.2 Å². The van der Waals surface area contributed by atoms with Gasteiger partial charge in [-0.25, -0.2) is 9.59 Å². The van der Waals surface area contributed by atoms with Crippen LogP contribution >= 0.6 is 11.3 Å². The third-order valence-corrected chi connectivity index (χ3v) is 4.73. The summed E-state index contributed by atoms with van der Waals surface area (Å²) >= 11 is 1.32. The molecule has 0 N–H and O–H groups in total. The molecule has 4 rings (SSSR count). The first-order chi connectivity index (χ1) is 10.7. The van der Waals surface area contributed by atoms with Gasteiger partial charge in [-0.2, -0.15) is 0 Å². The SMILES string of the molecule is O=C(Oc1ccc2c3c(c(=O)oc2c1)CCC3)c1cccs1. The zero-order chi connectivity index (χ0) is 15.1. The lowest BCUT2D eigenvalue weighted by Gasteiger charge is -2.06. The van der Waals surface area contributed by atoms with Gasteiger partial charge in [-0.1, -0.05) is 6.07 Å². The molecule has 2 heterocycles. The number of aryl methyl sites for hydroxylation is 1. The maximum absolute atomic E-state index is 12.0. The number of carbonyl (C=O) groups excluding carboxylic acids is 1. The smallest absolute Gasteiger partial charge is 0.353 e. The van der Waals surface area contributed by atoms with Crippen molar-refractivity contribution in [3.8, 4) is 5.75 Å². The highest BCUT2D eigenvalue weighted by Crippen LogP contribution is 2.30. The molecule has 22 heavy (non-hydrogen) atoms. The molecule has 0 aliphatic heterocycles. The molecular formula is C17H12O4S. The van der Waals surface area contributed by atoms with Gasteiger partial charge in [0.25, 0.3) is 0 Å². The van der Waals surface area contributed by atoms with Crippen molar-refractivity contribution in [2.45, 2.75) is 19.3 Å². The van der Waals surface area contributed by atoms with Crippen molar-refractivity contribution >= 4 is 28.3 Å². The fourth-order valence-electron chi connectivity index (χ4n) is 2.88. The van der Waals surface area contributed by atoms with Crippen LogP contribution in [0.3, 0.4) is 0 Å². The maximum atomic E-state index is 12.0. The fraction of sp³-hybridized carbons (Fsp3) is 0.176. The minimum absolute atomic E-state index is 0.276. The highest BCUT2D eigenvalue weighted by molar-refractivity contribution is 7.12. The largest absolute Gasteiger partial charge is 0.422 e. The van der Waals surface area contributed by atoms with Crippen LogP contribution in [0.1, 0.15) is 27.2 Å². The molecule has 0 unspecified atom stereocenters. The van der Waals surface area contributed by atoms with Crippen molar-refractivity contribution in [3.05, 3.63) is 62.1 Å². The molecular weight excluding hydrogens is 300 g/mol. The third-order valence-electron chi connectivity index (χ3n) is 3.88. The predicted molar refractivity (Wildman–Crippen MR) is 83.8 cm³/mol. The van der Waals surface area contributed by atoms with Crippen molar-refractivity contribution in [3.63, 3.8) is 0 Å². The minimum Gasteiger partial charge on any atom is -0.422 e. The molecule has 1 aromatic carbocycles. The first-order valence-electron chi connectivity index (χ1n) is 7.07. The molecule has 1 aliphatic carbocycles. The summed E-state index contributed by atoms with van der Waals surface area (Å²) in [5.41, 5.74) is 2.06. The highest BCUT2D eigenvalue weighted by atomic mass is 32.1. The lowest BCUT2D eigenvalue weighted by Crippen LogP contribution is -2.08. The summed E-state index contributed by atoms with van der Waals surface area (Å²) in [5.74, 6) is -0.0233. The summed E-state index contributed by atoms with van der Waals surface area (Å²) in [6, 6.07) is 8.72. The van der Waals surface area contributed by atoms with Crippen LogP contribution in [0, 0.1) is 0 Å². The standard InChI is InChI=1S/C17H12O4S/c18-16-13-4-1-3-11(13)12-7-6-10(9-14(12)21-16)20-17(19)15-5-2-8-22-15/h2,5-9H,1,3-4H2. The monoisotopic (exact) mass is 312 g/mol. The zero-order valence-electron chi connectivity index (χ0n) is 11.6. The molecule has 1 aliphatic rings. The number of ether oxygens (including phenoxy) is 1. The van der Waals surface area contributed by atoms with E-state index in [4.69, 9.17) is 9.15 Å². The Morgan fingerprint density at radius 1 is 1.18 bits per heavy atom. The van der Waals surface area contributed by atoms with Gasteiger partial charge in [0.2, 0.25) is 0 Å². The van der Waals surface area contributed by atoms with Crippen LogP contribution in [0.2, 0.25) is 0 Å². The summed E-state index contributed by atoms with van der Waals surface area (Å²) in [6.07, 6.45) is 2.66. The molecule has 0 amide bonds. The van der Waals surface area contributed by atoms with Crippen LogP contribution in [-0.4, -0.2) is 5.97 Å². The highest BCUT2D eigenvalue weighted by Gasteiger charge is 2.20. The topological polar surface area (TPSA) is 56.5 Å². The van der Waals surface area contributed by atoms with Crippen molar-refractivity contribution in [2.75, 3.05) is 0 Å². The van der Waals surface area contributed by atoms with Gasteiger partial charge in [-0.15, -0.1) is 11.3 Å². The Kier molecular flexibility index (Phi) is 3.08. The Hall–Kier alpha value is -2.40. The van der Waals surface area contributed by atoms with Crippen LogP contribution in [0.5, 0.6) is 5.75 Å². The van der Waals surface area contributed by atoms with Gasteiger partial charge in [0.1, 0.15) is 16.2 Å². The van der Waals surface area contributed by atoms with Crippen LogP contribution in [-0.2, 0) is 12.8 Å². The minimum atomic E-state index is -0.405. The van der Waals surface area contributed by atoms with Gasteiger partial charge < -0.3 is 9.15 Å². The maximum Gasteiger partial charge on any atom is 0.353 e. The average molecular weight is 312 g/mol. The van der Waals surface area contributed by atoms with Gasteiger partial charge in [0.05, 0.1) is 0 Å². The van der Waals surface area contributed by atoms with E-state index in [1.54, 1.807) is 24.3 Å². The van der Waals surface area contributed by atoms with Gasteiger partial charge >= 0.3 is 11.6 Å². The van der Waals surface area contributed by atoms with Gasteiger partial charge in [-0.05, 0) is 48.4 Å². The molecule has 0 bridgehead atoms. The number of thiophene rings is 1. The molecule has 0 radical (unpaired) electrons. The lowest BCUT2D eigenvalue weighted by molar-refractivity contribution is 0.0740. The molecule has 0 spiro atoms. The van der Waals surface area contributed by atoms with Crippen molar-refractivity contribution in [2.24, 2.45) is 0 Å². The van der Waals surface area contributed by atoms with E-state index in [1.165, 1.54) is 11.3 Å². The molecule has 2 aromatic heterocycles. The molecule has 0 fully saturated rings. The van der Waals surface area contributed by atoms with Crippen LogP contribution in [0.25, 0.3) is 11.0 Å². The Morgan fingerprint density at radius 2 is 2.05 bits per heavy atom. The number of benzene rings is 1. The van der Waals surface area contributed by atoms with E-state index in [-0.39, 0.29) is 5.63 Å². The first-order valence-corrected chi connectivity index (χ1v) is 7.94. The van der Waals surface area contributed by atoms with Crippen molar-refractivity contribution < 1.29 is 13.9 Å². The summed E-state index contributed by atoms with van der Waals surface area (Å²) in [7, 11) is 0. The van der Waals surface area contributed by atoms with Crippen molar-refractivity contribution in [1.29, 1.82) is 0 Å². The molecule has 3 aromatic rings. The predicted octanol–water partition coefficient (Wildman–Crippen LogP) is 3.56. The number of hydrogen-bond acceptors (Lipinski definition) is 5. The molecule has 5 heteroatoms. The van der Waals surface area contributed by atoms with Gasteiger partial charge in [0.15, 0.2) is 0 Å². The Labute approximate surface area is 130 Å². The molecule has 0 atom stereocenters. The van der Waals surface area contributed by atoms with Gasteiger partial charge in [0, 0.05) is 17.0 Å². The zero-order valence-corrected chi connectivity index (χ0v) is 12.4. The van der Waals surface area contributed by atoms with Crippen LogP contribution in [0.15, 0.2) is 44.9 Å². The Morgan fingerprint density at radius 3 is 2.86 bits per heavy atom. The normalized spacial score (nSPS) is 13.3. The van der Waals surface area contributed by atoms with E-state index >= 15 is 0 Å². The summed E-state index contributed by atoms with van der Waals surface area (Å²) in [4.78, 5) is 24.5. The lowest BCUT2D eigenvalue weighted by atomic mass is 10.1. The summed E-state index contributed by atoms with van der Waals surface area (Å²) in [5, 5.41) is 2.75. The van der Waals surface area contributed by atoms with E-state index in [1.807, 2.05) is 11.4 Å². The van der Waals surface area contributed by atoms with Gasteiger partial charge in [-0.3, -0.25) is 0 Å². The third kappa shape index (κ3) is 2.14. The second kappa shape index (κ2) is 5.10.